The molecule has 0 radical (unpaired) electrons. The summed E-state index contributed by atoms with van der Waals surface area (Å²) in [5.74, 6) is 12.2. The van der Waals surface area contributed by atoms with Crippen molar-refractivity contribution in [1.82, 2.24) is 4.90 Å². The Balaban J connectivity index is 1.68. The van der Waals surface area contributed by atoms with Crippen molar-refractivity contribution in [3.63, 3.8) is 0 Å². The van der Waals surface area contributed by atoms with Crippen molar-refractivity contribution < 1.29 is 14.0 Å². The lowest BCUT2D eigenvalue weighted by Gasteiger charge is -2.35. The van der Waals surface area contributed by atoms with Gasteiger partial charge in [-0.1, -0.05) is 5.92 Å². The van der Waals surface area contributed by atoms with Crippen molar-refractivity contribution in [3.05, 3.63) is 0 Å². The molecule has 0 bridgehead atoms. The highest BCUT2D eigenvalue weighted by atomic mass is 16.5. The number of nitrogens with zero attached hydrogens (tertiary/aromatic N) is 2. The van der Waals surface area contributed by atoms with Crippen molar-refractivity contribution in [2.24, 2.45) is 0 Å². The maximum absolute atomic E-state index is 5.37. The summed E-state index contributed by atoms with van der Waals surface area (Å²) < 4.78 is 11.6. The molecule has 0 aromatic heterocycles. The number of hydrogen-bond acceptors (Lipinski definition) is 3. The van der Waals surface area contributed by atoms with Gasteiger partial charge in [-0.2, -0.15) is 0 Å². The molecule has 4 heteroatoms. The molecule has 0 aromatic carbocycles. The van der Waals surface area contributed by atoms with Gasteiger partial charge in [-0.25, -0.2) is 0 Å². The first-order chi connectivity index (χ1) is 9.29. The Hall–Kier alpha value is -1.04. The van der Waals surface area contributed by atoms with E-state index in [0.29, 0.717) is 0 Å². The van der Waals surface area contributed by atoms with Gasteiger partial charge >= 0.3 is 0 Å². The van der Waals surface area contributed by atoms with Crippen LogP contribution in [0.15, 0.2) is 0 Å². The molecule has 0 aliphatic carbocycles. The summed E-state index contributed by atoms with van der Waals surface area (Å²) in [4.78, 5) is 2.30. The maximum atomic E-state index is 5.37. The zero-order valence-corrected chi connectivity index (χ0v) is 11.8. The standard InChI is InChI=1S/C15H23N2O2/c1-17(10-14-19-15-11-17)9-5-3-2-4-6-16-7-12-18-13-8-16/h6-15H2,1H3/q+1. The molecular weight excluding hydrogens is 240 g/mol. The van der Waals surface area contributed by atoms with E-state index in [1.54, 1.807) is 0 Å². The van der Waals surface area contributed by atoms with E-state index in [-0.39, 0.29) is 0 Å². The summed E-state index contributed by atoms with van der Waals surface area (Å²) in [6.07, 6.45) is 0. The number of hydrogen-bond donors (Lipinski definition) is 0. The van der Waals surface area contributed by atoms with Crippen LogP contribution in [0, 0.1) is 23.7 Å². The second-order valence-electron chi connectivity index (χ2n) is 5.33. The SMILES string of the molecule is C[N+]1(CC#CC#CCN2CCOCC2)CCOCC1. The van der Waals surface area contributed by atoms with Gasteiger partial charge in [0.25, 0.3) is 0 Å². The van der Waals surface area contributed by atoms with Crippen molar-refractivity contribution in [2.75, 3.05) is 72.7 Å². The molecule has 2 aliphatic heterocycles. The minimum atomic E-state index is 0.804. The fraction of sp³-hybridized carbons (Fsp3) is 0.733. The molecule has 2 aliphatic rings. The van der Waals surface area contributed by atoms with Crippen LogP contribution in [0.2, 0.25) is 0 Å². The molecule has 0 N–H and O–H groups in total. The van der Waals surface area contributed by atoms with Crippen LogP contribution in [-0.2, 0) is 9.47 Å². The molecular formula is C15H23N2O2+. The minimum absolute atomic E-state index is 0.804. The monoisotopic (exact) mass is 263 g/mol. The van der Waals surface area contributed by atoms with E-state index in [4.69, 9.17) is 9.47 Å². The molecule has 0 amide bonds. The fourth-order valence-electron chi connectivity index (χ4n) is 2.17. The van der Waals surface area contributed by atoms with Crippen LogP contribution in [0.1, 0.15) is 0 Å². The van der Waals surface area contributed by atoms with Crippen LogP contribution in [0.3, 0.4) is 0 Å². The van der Waals surface area contributed by atoms with Crippen LogP contribution >= 0.6 is 0 Å². The quantitative estimate of drug-likeness (QED) is 0.509. The van der Waals surface area contributed by atoms with E-state index in [9.17, 15) is 0 Å². The Kier molecular flexibility index (Phi) is 5.69. The van der Waals surface area contributed by atoms with E-state index in [0.717, 1.165) is 70.2 Å². The molecule has 0 saturated carbocycles. The molecule has 2 saturated heterocycles. The first kappa shape index (κ1) is 14.4. The van der Waals surface area contributed by atoms with Gasteiger partial charge in [0.05, 0.1) is 40.0 Å². The zero-order chi connectivity index (χ0) is 13.4. The van der Waals surface area contributed by atoms with Gasteiger partial charge in [-0.15, -0.1) is 0 Å². The van der Waals surface area contributed by atoms with Gasteiger partial charge in [0.2, 0.25) is 0 Å². The normalized spacial score (nSPS) is 22.8. The second kappa shape index (κ2) is 7.53. The molecule has 2 fully saturated rings. The van der Waals surface area contributed by atoms with Crippen LogP contribution in [0.4, 0.5) is 0 Å². The third kappa shape index (κ3) is 5.22. The molecule has 19 heavy (non-hydrogen) atoms. The third-order valence-electron chi connectivity index (χ3n) is 3.66. The average molecular weight is 263 g/mol. The van der Waals surface area contributed by atoms with Crippen molar-refractivity contribution in [2.45, 2.75) is 0 Å². The molecule has 104 valence electrons. The van der Waals surface area contributed by atoms with E-state index in [2.05, 4.69) is 35.6 Å². The van der Waals surface area contributed by atoms with Gasteiger partial charge in [0, 0.05) is 13.1 Å². The summed E-state index contributed by atoms with van der Waals surface area (Å²) in [6, 6.07) is 0. The summed E-state index contributed by atoms with van der Waals surface area (Å²) in [5.41, 5.74) is 0. The molecule has 0 unspecified atom stereocenters. The Morgan fingerprint density at radius 2 is 1.58 bits per heavy atom. The number of quaternary nitrogens is 1. The van der Waals surface area contributed by atoms with E-state index in [1.165, 1.54) is 0 Å². The fourth-order valence-corrected chi connectivity index (χ4v) is 2.17. The summed E-state index contributed by atoms with van der Waals surface area (Å²) in [6.45, 7) is 9.09. The predicted molar refractivity (Wildman–Crippen MR) is 74.4 cm³/mol. The van der Waals surface area contributed by atoms with Crippen molar-refractivity contribution in [1.29, 1.82) is 0 Å². The van der Waals surface area contributed by atoms with Gasteiger partial charge < -0.3 is 14.0 Å². The molecule has 0 spiro atoms. The highest BCUT2D eigenvalue weighted by Gasteiger charge is 2.23. The average Bonchev–Trinajstić information content (AvgIpc) is 2.44. The van der Waals surface area contributed by atoms with E-state index < -0.39 is 0 Å². The molecule has 0 atom stereocenters. The lowest BCUT2D eigenvalue weighted by Crippen LogP contribution is -2.52. The van der Waals surface area contributed by atoms with Crippen LogP contribution in [-0.4, -0.2) is 82.1 Å². The number of likely N-dealkylation sites (N-methyl/N-ethyl adjacent to an activating group) is 1. The first-order valence-corrected chi connectivity index (χ1v) is 6.96. The lowest BCUT2D eigenvalue weighted by atomic mass is 10.3. The Morgan fingerprint density at radius 3 is 2.32 bits per heavy atom. The van der Waals surface area contributed by atoms with Gasteiger partial charge in [0.15, 0.2) is 0 Å². The molecule has 4 nitrogen and oxygen atoms in total. The Labute approximate surface area is 116 Å². The van der Waals surface area contributed by atoms with Gasteiger partial charge in [-0.05, 0) is 17.8 Å². The maximum Gasteiger partial charge on any atom is 0.141 e. The summed E-state index contributed by atoms with van der Waals surface area (Å²) >= 11 is 0. The molecule has 0 aromatic rings. The second-order valence-corrected chi connectivity index (χ2v) is 5.33. The van der Waals surface area contributed by atoms with Crippen molar-refractivity contribution >= 4 is 0 Å². The smallest absolute Gasteiger partial charge is 0.141 e. The first-order valence-electron chi connectivity index (χ1n) is 6.96. The van der Waals surface area contributed by atoms with Crippen LogP contribution in [0.25, 0.3) is 0 Å². The Bertz CT molecular complexity index is 388. The number of morpholine rings is 2. The highest BCUT2D eigenvalue weighted by Crippen LogP contribution is 2.05. The summed E-state index contributed by atoms with van der Waals surface area (Å²) in [5, 5.41) is 0. The van der Waals surface area contributed by atoms with E-state index >= 15 is 0 Å². The largest absolute Gasteiger partial charge is 0.379 e. The van der Waals surface area contributed by atoms with E-state index in [1.807, 2.05) is 0 Å². The molecule has 2 rings (SSSR count). The van der Waals surface area contributed by atoms with Crippen molar-refractivity contribution in [3.8, 4) is 23.7 Å². The summed E-state index contributed by atoms with van der Waals surface area (Å²) in [7, 11) is 2.23. The van der Waals surface area contributed by atoms with Gasteiger partial charge in [-0.3, -0.25) is 4.90 Å². The predicted octanol–water partition coefficient (Wildman–Crippen LogP) is -0.198. The molecule has 2 heterocycles. The minimum Gasteiger partial charge on any atom is -0.379 e. The zero-order valence-electron chi connectivity index (χ0n) is 11.8. The van der Waals surface area contributed by atoms with Crippen LogP contribution in [0.5, 0.6) is 0 Å². The number of ether oxygens (including phenoxy) is 2. The van der Waals surface area contributed by atoms with Gasteiger partial charge in [0.1, 0.15) is 19.6 Å². The van der Waals surface area contributed by atoms with Crippen LogP contribution < -0.4 is 0 Å². The highest BCUT2D eigenvalue weighted by molar-refractivity contribution is 5.26. The Morgan fingerprint density at radius 1 is 0.947 bits per heavy atom. The lowest BCUT2D eigenvalue weighted by molar-refractivity contribution is -0.910. The number of rotatable bonds is 2. The third-order valence-corrected chi connectivity index (χ3v) is 3.66. The topological polar surface area (TPSA) is 21.7 Å².